The molecule has 1 aromatic carbocycles. The van der Waals surface area contributed by atoms with Gasteiger partial charge in [-0.3, -0.25) is 14.3 Å². The van der Waals surface area contributed by atoms with Crippen LogP contribution in [0.25, 0.3) is 11.1 Å². The van der Waals surface area contributed by atoms with Crippen molar-refractivity contribution in [3.8, 4) is 0 Å². The molecule has 7 nitrogen and oxygen atoms in total. The lowest BCUT2D eigenvalue weighted by molar-refractivity contribution is -0.121. The number of oxazole rings is 1. The summed E-state index contributed by atoms with van der Waals surface area (Å²) in [6.45, 7) is 1.80. The first-order valence-electron chi connectivity index (χ1n) is 8.83. The molecule has 8 heteroatoms. The van der Waals surface area contributed by atoms with Gasteiger partial charge in [0, 0.05) is 12.7 Å². The third kappa shape index (κ3) is 3.89. The average molecular weight is 387 g/mol. The minimum absolute atomic E-state index is 0.0704. The molecule has 4 rings (SSSR count). The van der Waals surface area contributed by atoms with Gasteiger partial charge in [-0.25, -0.2) is 9.78 Å². The molecule has 1 fully saturated rings. The van der Waals surface area contributed by atoms with Crippen LogP contribution < -0.4 is 11.1 Å². The third-order valence-corrected chi connectivity index (χ3v) is 4.99. The van der Waals surface area contributed by atoms with E-state index in [0.29, 0.717) is 29.6 Å². The number of hydrogen-bond donors (Lipinski definition) is 1. The number of para-hydroxylation sites is 2. The van der Waals surface area contributed by atoms with Gasteiger partial charge in [0.2, 0.25) is 5.91 Å². The van der Waals surface area contributed by atoms with Crippen LogP contribution in [0.2, 0.25) is 5.02 Å². The number of piperidine rings is 1. The second kappa shape index (κ2) is 7.54. The lowest BCUT2D eigenvalue weighted by Gasteiger charge is -2.31. The number of halogens is 1. The molecule has 1 amide bonds. The van der Waals surface area contributed by atoms with Gasteiger partial charge in [-0.2, -0.15) is 0 Å². The first-order valence-corrected chi connectivity index (χ1v) is 9.21. The smallest absolute Gasteiger partial charge is 0.408 e. The summed E-state index contributed by atoms with van der Waals surface area (Å²) in [4.78, 5) is 31.0. The average Bonchev–Trinajstić information content (AvgIpc) is 2.99. The van der Waals surface area contributed by atoms with Crippen LogP contribution in [0, 0.1) is 5.92 Å². The van der Waals surface area contributed by atoms with Gasteiger partial charge in [0.15, 0.2) is 5.58 Å². The number of amides is 1. The maximum atomic E-state index is 12.6. The Bertz CT molecular complexity index is 1010. The number of likely N-dealkylation sites (tertiary alicyclic amines) is 1. The summed E-state index contributed by atoms with van der Waals surface area (Å²) in [5.41, 5.74) is 1.34. The fraction of sp³-hybridized carbons (Fsp3) is 0.316. The highest BCUT2D eigenvalue weighted by molar-refractivity contribution is 6.30. The summed E-state index contributed by atoms with van der Waals surface area (Å²) in [6.07, 6.45) is 3.19. The van der Waals surface area contributed by atoms with Crippen molar-refractivity contribution in [2.24, 2.45) is 5.92 Å². The Kier molecular flexibility index (Phi) is 4.96. The van der Waals surface area contributed by atoms with Crippen LogP contribution in [0.3, 0.4) is 0 Å². The highest BCUT2D eigenvalue weighted by Crippen LogP contribution is 2.20. The highest BCUT2D eigenvalue weighted by atomic mass is 35.5. The van der Waals surface area contributed by atoms with Gasteiger partial charge >= 0.3 is 5.76 Å². The minimum atomic E-state index is -0.381. The zero-order valence-electron chi connectivity index (χ0n) is 14.6. The number of nitrogens with one attached hydrogen (secondary N) is 1. The molecule has 1 aliphatic rings. The second-order valence-corrected chi connectivity index (χ2v) is 7.11. The normalized spacial score (nSPS) is 17.9. The number of fused-ring (bicyclic) bond motifs is 1. The number of rotatable bonds is 4. The molecule has 1 aliphatic heterocycles. The van der Waals surface area contributed by atoms with E-state index in [1.165, 1.54) is 6.20 Å². The maximum Gasteiger partial charge on any atom is 0.421 e. The molecular formula is C19H19ClN4O3. The van der Waals surface area contributed by atoms with Crippen LogP contribution in [0.15, 0.2) is 51.8 Å². The van der Waals surface area contributed by atoms with Crippen LogP contribution >= 0.6 is 11.6 Å². The Morgan fingerprint density at radius 2 is 2.15 bits per heavy atom. The van der Waals surface area contributed by atoms with Gasteiger partial charge in [-0.1, -0.05) is 23.7 Å². The van der Waals surface area contributed by atoms with Crippen molar-refractivity contribution >= 4 is 34.4 Å². The molecule has 3 heterocycles. The van der Waals surface area contributed by atoms with E-state index in [2.05, 4.69) is 15.2 Å². The van der Waals surface area contributed by atoms with Gasteiger partial charge in [-0.05, 0) is 43.7 Å². The molecule has 27 heavy (non-hydrogen) atoms. The lowest BCUT2D eigenvalue weighted by Crippen LogP contribution is -2.42. The van der Waals surface area contributed by atoms with Gasteiger partial charge < -0.3 is 9.73 Å². The van der Waals surface area contributed by atoms with Crippen molar-refractivity contribution in [2.75, 3.05) is 18.4 Å². The quantitative estimate of drug-likeness (QED) is 0.745. The largest absolute Gasteiger partial charge is 0.421 e. The summed E-state index contributed by atoms with van der Waals surface area (Å²) < 4.78 is 6.89. The number of anilines is 1. The lowest BCUT2D eigenvalue weighted by atomic mass is 9.97. The number of aromatic nitrogens is 2. The van der Waals surface area contributed by atoms with Gasteiger partial charge in [0.1, 0.15) is 5.82 Å². The van der Waals surface area contributed by atoms with Crippen LogP contribution in [0.4, 0.5) is 5.82 Å². The number of hydrogen-bond acceptors (Lipinski definition) is 5. The van der Waals surface area contributed by atoms with Crippen molar-refractivity contribution in [3.63, 3.8) is 0 Å². The minimum Gasteiger partial charge on any atom is -0.408 e. The zero-order valence-corrected chi connectivity index (χ0v) is 15.4. The Morgan fingerprint density at radius 3 is 2.96 bits per heavy atom. The molecule has 0 saturated carbocycles. The summed E-state index contributed by atoms with van der Waals surface area (Å²) in [7, 11) is 0. The van der Waals surface area contributed by atoms with E-state index in [1.54, 1.807) is 22.8 Å². The van der Waals surface area contributed by atoms with Gasteiger partial charge in [-0.15, -0.1) is 0 Å². The second-order valence-electron chi connectivity index (χ2n) is 6.67. The Labute approximate surface area is 160 Å². The fourth-order valence-corrected chi connectivity index (χ4v) is 3.54. The van der Waals surface area contributed by atoms with Crippen molar-refractivity contribution < 1.29 is 9.21 Å². The topological polar surface area (TPSA) is 80.4 Å². The van der Waals surface area contributed by atoms with E-state index < -0.39 is 0 Å². The number of carbonyl (C=O) groups excluding carboxylic acids is 1. The molecule has 3 aromatic rings. The number of nitrogens with zero attached hydrogens (tertiary/aromatic N) is 3. The van der Waals surface area contributed by atoms with Crippen molar-refractivity contribution in [2.45, 2.75) is 19.5 Å². The Morgan fingerprint density at radius 1 is 1.30 bits per heavy atom. The molecule has 140 valence electrons. The summed E-state index contributed by atoms with van der Waals surface area (Å²) >= 11 is 5.82. The van der Waals surface area contributed by atoms with E-state index in [-0.39, 0.29) is 17.6 Å². The monoisotopic (exact) mass is 386 g/mol. The van der Waals surface area contributed by atoms with Crippen molar-refractivity contribution in [1.29, 1.82) is 0 Å². The molecule has 0 aliphatic carbocycles. The van der Waals surface area contributed by atoms with Crippen LogP contribution in [0.1, 0.15) is 12.8 Å². The predicted octanol–water partition coefficient (Wildman–Crippen LogP) is 2.95. The Balaban J connectivity index is 1.44. The van der Waals surface area contributed by atoms with E-state index in [1.807, 2.05) is 18.2 Å². The third-order valence-electron chi connectivity index (χ3n) is 4.77. The van der Waals surface area contributed by atoms with E-state index >= 15 is 0 Å². The zero-order chi connectivity index (χ0) is 18.8. The molecule has 0 radical (unpaired) electrons. The first kappa shape index (κ1) is 17.8. The molecule has 0 bridgehead atoms. The standard InChI is InChI=1S/C19H19ClN4O3/c20-14-7-8-17(21-10-14)22-18(25)13-4-3-9-23(11-13)12-24-15-5-1-2-6-16(15)27-19(24)26/h1-2,5-8,10,13H,3-4,9,11-12H2,(H,21,22,25). The molecule has 1 saturated heterocycles. The van der Waals surface area contributed by atoms with E-state index in [4.69, 9.17) is 16.0 Å². The SMILES string of the molecule is O=C(Nc1ccc(Cl)cn1)C1CCCN(Cn2c(=O)oc3ccccc32)C1. The van der Waals surface area contributed by atoms with Crippen LogP contribution in [-0.4, -0.2) is 33.4 Å². The van der Waals surface area contributed by atoms with Gasteiger partial charge in [0.05, 0.1) is 23.1 Å². The molecule has 1 N–H and O–H groups in total. The summed E-state index contributed by atoms with van der Waals surface area (Å²) in [6, 6.07) is 10.7. The van der Waals surface area contributed by atoms with E-state index in [0.717, 1.165) is 24.9 Å². The molecule has 0 spiro atoms. The summed E-state index contributed by atoms with van der Waals surface area (Å²) in [5, 5.41) is 3.36. The fourth-order valence-electron chi connectivity index (χ4n) is 3.42. The summed E-state index contributed by atoms with van der Waals surface area (Å²) in [5.74, 6) is -0.129. The van der Waals surface area contributed by atoms with Crippen molar-refractivity contribution in [3.05, 3.63) is 58.2 Å². The van der Waals surface area contributed by atoms with Gasteiger partial charge in [0.25, 0.3) is 0 Å². The number of carbonyl (C=O) groups is 1. The maximum absolute atomic E-state index is 12.6. The van der Waals surface area contributed by atoms with Crippen LogP contribution in [0.5, 0.6) is 0 Å². The molecule has 1 atom stereocenters. The molecule has 2 aromatic heterocycles. The van der Waals surface area contributed by atoms with E-state index in [9.17, 15) is 9.59 Å². The first-order chi connectivity index (χ1) is 13.1. The molecular weight excluding hydrogens is 368 g/mol. The Hall–Kier alpha value is -2.64. The predicted molar refractivity (Wildman–Crippen MR) is 103 cm³/mol. The van der Waals surface area contributed by atoms with Crippen molar-refractivity contribution in [1.82, 2.24) is 14.5 Å². The highest BCUT2D eigenvalue weighted by Gasteiger charge is 2.27. The number of benzene rings is 1. The molecule has 1 unspecified atom stereocenters. The van der Waals surface area contributed by atoms with Crippen LogP contribution in [-0.2, 0) is 11.5 Å². The number of pyridine rings is 1.